The Bertz CT molecular complexity index is 529. The molecule has 1 aromatic carbocycles. The van der Waals surface area contributed by atoms with Crippen molar-refractivity contribution >= 4 is 28.3 Å². The van der Waals surface area contributed by atoms with Gasteiger partial charge in [-0.15, -0.1) is 5.11 Å². The lowest BCUT2D eigenvalue weighted by atomic mass is 10.2. The van der Waals surface area contributed by atoms with Crippen LogP contribution in [0.5, 0.6) is 0 Å². The number of aliphatic hydroxyl groups excluding tert-OH is 1. The summed E-state index contributed by atoms with van der Waals surface area (Å²) in [4.78, 5) is 21.9. The highest BCUT2D eigenvalue weighted by atomic mass is 35.5. The highest BCUT2D eigenvalue weighted by Crippen LogP contribution is 2.17. The van der Waals surface area contributed by atoms with Crippen molar-refractivity contribution < 1.29 is 14.7 Å². The van der Waals surface area contributed by atoms with E-state index in [1.165, 1.54) is 38.1 Å². The number of benzene rings is 1. The lowest BCUT2D eigenvalue weighted by Gasteiger charge is -1.97. The standard InChI is InChI=1S/C12H11ClN2O3/c1-7(16)11(8(2)17)15-14-10-5-3-9(4-6-10)12(13)18/h3-6,16H,1-2H3. The minimum absolute atomic E-state index is 0.104. The van der Waals surface area contributed by atoms with E-state index in [0.29, 0.717) is 11.3 Å². The molecule has 1 N–H and O–H groups in total. The molecule has 0 bridgehead atoms. The van der Waals surface area contributed by atoms with Crippen LogP contribution in [0.4, 0.5) is 5.69 Å². The van der Waals surface area contributed by atoms with Crippen LogP contribution in [-0.4, -0.2) is 16.1 Å². The Hall–Kier alpha value is -2.01. The number of Topliss-reactive ketones (excluding diaryl/α,β-unsaturated/α-hetero) is 1. The molecular formula is C12H11ClN2O3. The third-order valence-electron chi connectivity index (χ3n) is 2.04. The van der Waals surface area contributed by atoms with Crippen LogP contribution in [-0.2, 0) is 4.79 Å². The quantitative estimate of drug-likeness (QED) is 0.392. The summed E-state index contributed by atoms with van der Waals surface area (Å²) in [5.41, 5.74) is 0.681. The number of nitrogens with zero attached hydrogens (tertiary/aromatic N) is 2. The zero-order valence-electron chi connectivity index (χ0n) is 9.85. The molecule has 1 aromatic rings. The van der Waals surface area contributed by atoms with Crippen LogP contribution in [0.3, 0.4) is 0 Å². The average molecular weight is 267 g/mol. The van der Waals surface area contributed by atoms with E-state index in [1.54, 1.807) is 0 Å². The van der Waals surface area contributed by atoms with E-state index >= 15 is 0 Å². The van der Waals surface area contributed by atoms with Crippen molar-refractivity contribution in [1.82, 2.24) is 0 Å². The first-order valence-corrected chi connectivity index (χ1v) is 5.42. The molecule has 0 radical (unpaired) electrons. The number of allylic oxidation sites excluding steroid dienone is 2. The fraction of sp³-hybridized carbons (Fsp3) is 0.167. The van der Waals surface area contributed by atoms with Crippen LogP contribution in [0.2, 0.25) is 0 Å². The highest BCUT2D eigenvalue weighted by Gasteiger charge is 2.06. The van der Waals surface area contributed by atoms with Gasteiger partial charge < -0.3 is 5.11 Å². The van der Waals surface area contributed by atoms with Crippen molar-refractivity contribution in [2.75, 3.05) is 0 Å². The predicted molar refractivity (Wildman–Crippen MR) is 67.2 cm³/mol. The minimum Gasteiger partial charge on any atom is -0.510 e. The summed E-state index contributed by atoms with van der Waals surface area (Å²) >= 11 is 5.29. The van der Waals surface area contributed by atoms with Gasteiger partial charge >= 0.3 is 0 Å². The molecule has 0 aliphatic heterocycles. The SMILES string of the molecule is CC(=O)C(N=Nc1ccc(C(=O)Cl)cc1)=C(C)O. The van der Waals surface area contributed by atoms with E-state index in [4.69, 9.17) is 11.6 Å². The maximum absolute atomic E-state index is 11.1. The molecule has 0 saturated carbocycles. The number of hydrogen-bond donors (Lipinski definition) is 1. The smallest absolute Gasteiger partial charge is 0.252 e. The number of ketones is 1. The van der Waals surface area contributed by atoms with Gasteiger partial charge in [-0.3, -0.25) is 9.59 Å². The first-order chi connectivity index (χ1) is 8.41. The first-order valence-electron chi connectivity index (χ1n) is 5.04. The third kappa shape index (κ3) is 3.78. The van der Waals surface area contributed by atoms with Gasteiger partial charge in [-0.2, -0.15) is 5.11 Å². The van der Waals surface area contributed by atoms with E-state index in [1.807, 2.05) is 0 Å². The van der Waals surface area contributed by atoms with Gasteiger partial charge in [0.1, 0.15) is 5.76 Å². The van der Waals surface area contributed by atoms with Crippen molar-refractivity contribution in [3.8, 4) is 0 Å². The summed E-state index contributed by atoms with van der Waals surface area (Å²) in [7, 11) is 0. The van der Waals surface area contributed by atoms with Crippen molar-refractivity contribution in [3.63, 3.8) is 0 Å². The minimum atomic E-state index is -0.561. The molecule has 0 aliphatic rings. The molecule has 0 atom stereocenters. The molecule has 0 unspecified atom stereocenters. The molecule has 0 heterocycles. The number of halogens is 1. The van der Waals surface area contributed by atoms with E-state index in [0.717, 1.165) is 0 Å². The van der Waals surface area contributed by atoms with E-state index in [-0.39, 0.29) is 17.2 Å². The summed E-state index contributed by atoms with van der Waals surface area (Å²) in [5, 5.41) is 16.1. The van der Waals surface area contributed by atoms with Gasteiger partial charge in [-0.25, -0.2) is 0 Å². The Balaban J connectivity index is 2.94. The Morgan fingerprint density at radius 1 is 1.17 bits per heavy atom. The molecule has 6 heteroatoms. The summed E-state index contributed by atoms with van der Waals surface area (Å²) in [6.45, 7) is 2.63. The van der Waals surface area contributed by atoms with Crippen LogP contribution in [0.15, 0.2) is 46.0 Å². The third-order valence-corrected chi connectivity index (χ3v) is 2.25. The number of hydrogen-bond acceptors (Lipinski definition) is 5. The van der Waals surface area contributed by atoms with Crippen molar-refractivity contribution in [1.29, 1.82) is 0 Å². The number of carbonyl (C=O) groups excluding carboxylic acids is 2. The van der Waals surface area contributed by atoms with Crippen LogP contribution in [0, 0.1) is 0 Å². The molecule has 0 amide bonds. The number of carbonyl (C=O) groups is 2. The van der Waals surface area contributed by atoms with E-state index < -0.39 is 5.24 Å². The summed E-state index contributed by atoms with van der Waals surface area (Å²) < 4.78 is 0. The molecule has 18 heavy (non-hydrogen) atoms. The molecule has 0 aliphatic carbocycles. The Morgan fingerprint density at radius 3 is 2.11 bits per heavy atom. The number of rotatable bonds is 4. The Morgan fingerprint density at radius 2 is 1.72 bits per heavy atom. The van der Waals surface area contributed by atoms with Gasteiger partial charge in [0.15, 0.2) is 11.5 Å². The molecule has 5 nitrogen and oxygen atoms in total. The van der Waals surface area contributed by atoms with Gasteiger partial charge in [0.25, 0.3) is 5.24 Å². The topological polar surface area (TPSA) is 79.1 Å². The highest BCUT2D eigenvalue weighted by molar-refractivity contribution is 6.67. The second-order valence-electron chi connectivity index (χ2n) is 3.51. The lowest BCUT2D eigenvalue weighted by molar-refractivity contribution is -0.113. The largest absolute Gasteiger partial charge is 0.510 e. The molecular weight excluding hydrogens is 256 g/mol. The molecule has 1 rings (SSSR count). The van der Waals surface area contributed by atoms with Crippen LogP contribution in [0.1, 0.15) is 24.2 Å². The summed E-state index contributed by atoms with van der Waals surface area (Å²) in [6.07, 6.45) is 0. The Labute approximate surface area is 109 Å². The van der Waals surface area contributed by atoms with E-state index in [2.05, 4.69) is 10.2 Å². The van der Waals surface area contributed by atoms with Crippen LogP contribution >= 0.6 is 11.6 Å². The van der Waals surface area contributed by atoms with Crippen LogP contribution < -0.4 is 0 Å². The number of azo groups is 1. The lowest BCUT2D eigenvalue weighted by Crippen LogP contribution is -1.96. The number of aliphatic hydroxyl groups is 1. The fourth-order valence-electron chi connectivity index (χ4n) is 1.16. The predicted octanol–water partition coefficient (Wildman–Crippen LogP) is 3.53. The maximum atomic E-state index is 11.1. The molecule has 0 saturated heterocycles. The summed E-state index contributed by atoms with van der Waals surface area (Å²) in [5.74, 6) is -0.579. The van der Waals surface area contributed by atoms with Gasteiger partial charge in [0.05, 0.1) is 5.69 Å². The van der Waals surface area contributed by atoms with Gasteiger partial charge in [-0.1, -0.05) is 0 Å². The zero-order valence-corrected chi connectivity index (χ0v) is 10.6. The Kier molecular flexibility index (Phi) is 4.74. The van der Waals surface area contributed by atoms with Crippen molar-refractivity contribution in [2.45, 2.75) is 13.8 Å². The second-order valence-corrected chi connectivity index (χ2v) is 3.85. The van der Waals surface area contributed by atoms with Gasteiger partial charge in [0, 0.05) is 12.5 Å². The maximum Gasteiger partial charge on any atom is 0.252 e. The fourth-order valence-corrected chi connectivity index (χ4v) is 1.29. The van der Waals surface area contributed by atoms with E-state index in [9.17, 15) is 14.7 Å². The molecule has 0 fully saturated rings. The monoisotopic (exact) mass is 266 g/mol. The zero-order chi connectivity index (χ0) is 13.7. The average Bonchev–Trinajstić information content (AvgIpc) is 2.28. The van der Waals surface area contributed by atoms with Crippen molar-refractivity contribution in [3.05, 3.63) is 41.3 Å². The second kappa shape index (κ2) is 6.07. The molecule has 0 spiro atoms. The van der Waals surface area contributed by atoms with Crippen molar-refractivity contribution in [2.24, 2.45) is 10.2 Å². The van der Waals surface area contributed by atoms with Crippen LogP contribution in [0.25, 0.3) is 0 Å². The first kappa shape index (κ1) is 14.1. The van der Waals surface area contributed by atoms with Gasteiger partial charge in [-0.05, 0) is 42.8 Å². The van der Waals surface area contributed by atoms with Gasteiger partial charge in [0.2, 0.25) is 0 Å². The summed E-state index contributed by atoms with van der Waals surface area (Å²) in [6, 6.07) is 6.05. The normalized spacial score (nSPS) is 12.4. The molecule has 94 valence electrons. The molecule has 0 aromatic heterocycles.